The van der Waals surface area contributed by atoms with Crippen LogP contribution in [0, 0.1) is 0 Å². The van der Waals surface area contributed by atoms with Gasteiger partial charge in [-0.1, -0.05) is 18.2 Å². The molecule has 0 aliphatic heterocycles. The number of amides is 1. The molecule has 0 radical (unpaired) electrons. The van der Waals surface area contributed by atoms with E-state index in [1.807, 2.05) is 29.6 Å². The molecule has 7 heteroatoms. The van der Waals surface area contributed by atoms with Gasteiger partial charge in [0.25, 0.3) is 0 Å². The Hall–Kier alpha value is -2.15. The lowest BCUT2D eigenvalue weighted by atomic mass is 10.2. The van der Waals surface area contributed by atoms with Gasteiger partial charge < -0.3 is 10.6 Å². The number of halogens is 3. The fraction of sp³-hybridized carbons (Fsp3) is 0.231. The highest BCUT2D eigenvalue weighted by Gasteiger charge is 2.26. The molecule has 2 aromatic rings. The van der Waals surface area contributed by atoms with Gasteiger partial charge in [0.2, 0.25) is 5.91 Å². The van der Waals surface area contributed by atoms with E-state index in [0.29, 0.717) is 5.69 Å². The summed E-state index contributed by atoms with van der Waals surface area (Å²) in [6.45, 7) is -1.61. The fourth-order valence-electron chi connectivity index (χ4n) is 1.66. The van der Waals surface area contributed by atoms with Gasteiger partial charge >= 0.3 is 6.18 Å². The molecular formula is C13H12F3N3O. The number of pyridine rings is 1. The van der Waals surface area contributed by atoms with Gasteiger partial charge in [-0.05, 0) is 12.1 Å². The quantitative estimate of drug-likeness (QED) is 0.905. The van der Waals surface area contributed by atoms with Crippen LogP contribution in [0.1, 0.15) is 0 Å². The lowest BCUT2D eigenvalue weighted by Gasteiger charge is -2.09. The van der Waals surface area contributed by atoms with E-state index < -0.39 is 25.2 Å². The van der Waals surface area contributed by atoms with Crippen molar-refractivity contribution in [3.05, 3.63) is 36.5 Å². The molecule has 20 heavy (non-hydrogen) atoms. The number of carbonyl (C=O) groups is 1. The van der Waals surface area contributed by atoms with Gasteiger partial charge in [0.15, 0.2) is 0 Å². The first kappa shape index (κ1) is 14.3. The zero-order valence-corrected chi connectivity index (χ0v) is 10.4. The summed E-state index contributed by atoms with van der Waals surface area (Å²) >= 11 is 0. The second-order valence-electron chi connectivity index (χ2n) is 4.18. The van der Waals surface area contributed by atoms with E-state index >= 15 is 0 Å². The molecule has 0 atom stereocenters. The van der Waals surface area contributed by atoms with Crippen molar-refractivity contribution in [2.45, 2.75) is 6.18 Å². The van der Waals surface area contributed by atoms with Gasteiger partial charge in [0.1, 0.15) is 0 Å². The van der Waals surface area contributed by atoms with E-state index in [1.165, 1.54) is 6.20 Å². The highest BCUT2D eigenvalue weighted by molar-refractivity contribution is 5.94. The van der Waals surface area contributed by atoms with Crippen molar-refractivity contribution in [1.29, 1.82) is 0 Å². The molecule has 1 aromatic carbocycles. The van der Waals surface area contributed by atoms with E-state index in [0.717, 1.165) is 10.9 Å². The third-order valence-electron chi connectivity index (χ3n) is 2.49. The Labute approximate surface area is 113 Å². The van der Waals surface area contributed by atoms with Crippen LogP contribution in [0.25, 0.3) is 10.9 Å². The molecule has 1 aromatic heterocycles. The number of aromatic nitrogens is 1. The van der Waals surface area contributed by atoms with Crippen LogP contribution < -0.4 is 10.6 Å². The zero-order chi connectivity index (χ0) is 14.6. The lowest BCUT2D eigenvalue weighted by Crippen LogP contribution is -2.35. The number of benzene rings is 1. The Morgan fingerprint density at radius 1 is 1.25 bits per heavy atom. The lowest BCUT2D eigenvalue weighted by molar-refractivity contribution is -0.126. The van der Waals surface area contributed by atoms with Gasteiger partial charge in [-0.2, -0.15) is 13.2 Å². The largest absolute Gasteiger partial charge is 0.401 e. The van der Waals surface area contributed by atoms with Crippen molar-refractivity contribution in [1.82, 2.24) is 10.3 Å². The SMILES string of the molecule is O=C(CNCC(F)(F)F)Nc1cnc2ccccc2c1. The predicted octanol–water partition coefficient (Wildman–Crippen LogP) is 2.33. The number of fused-ring (bicyclic) bond motifs is 1. The third-order valence-corrected chi connectivity index (χ3v) is 2.49. The highest BCUT2D eigenvalue weighted by atomic mass is 19.4. The molecule has 0 aliphatic carbocycles. The van der Waals surface area contributed by atoms with Gasteiger partial charge in [-0.15, -0.1) is 0 Å². The Kier molecular flexibility index (Phi) is 4.19. The first-order valence-electron chi connectivity index (χ1n) is 5.86. The number of carbonyl (C=O) groups excluding carboxylic acids is 1. The number of para-hydroxylation sites is 1. The topological polar surface area (TPSA) is 54.0 Å². The molecule has 1 amide bonds. The van der Waals surface area contributed by atoms with Crippen LogP contribution in [0.3, 0.4) is 0 Å². The van der Waals surface area contributed by atoms with Crippen molar-refractivity contribution in [2.24, 2.45) is 0 Å². The minimum absolute atomic E-state index is 0.410. The fourth-order valence-corrected chi connectivity index (χ4v) is 1.66. The van der Waals surface area contributed by atoms with E-state index in [-0.39, 0.29) is 0 Å². The average Bonchev–Trinajstić information content (AvgIpc) is 2.37. The second-order valence-corrected chi connectivity index (χ2v) is 4.18. The van der Waals surface area contributed by atoms with Gasteiger partial charge in [0.05, 0.1) is 30.5 Å². The molecule has 0 bridgehead atoms. The molecule has 2 N–H and O–H groups in total. The number of hydrogen-bond acceptors (Lipinski definition) is 3. The maximum Gasteiger partial charge on any atom is 0.401 e. The number of rotatable bonds is 4. The molecule has 4 nitrogen and oxygen atoms in total. The number of nitrogens with zero attached hydrogens (tertiary/aromatic N) is 1. The second kappa shape index (κ2) is 5.87. The minimum atomic E-state index is -4.33. The summed E-state index contributed by atoms with van der Waals surface area (Å²) in [4.78, 5) is 15.6. The zero-order valence-electron chi connectivity index (χ0n) is 10.4. The van der Waals surface area contributed by atoms with Gasteiger partial charge in [-0.3, -0.25) is 9.78 Å². The van der Waals surface area contributed by atoms with Crippen LogP contribution in [0.5, 0.6) is 0 Å². The monoisotopic (exact) mass is 283 g/mol. The van der Waals surface area contributed by atoms with E-state index in [9.17, 15) is 18.0 Å². The Morgan fingerprint density at radius 2 is 2.00 bits per heavy atom. The summed E-state index contributed by atoms with van der Waals surface area (Å²) in [7, 11) is 0. The van der Waals surface area contributed by atoms with Crippen LogP contribution >= 0.6 is 0 Å². The smallest absolute Gasteiger partial charge is 0.324 e. The summed E-state index contributed by atoms with van der Waals surface area (Å²) in [6.07, 6.45) is -2.87. The first-order valence-corrected chi connectivity index (χ1v) is 5.86. The molecule has 0 saturated heterocycles. The van der Waals surface area contributed by atoms with Gasteiger partial charge in [0, 0.05) is 5.39 Å². The van der Waals surface area contributed by atoms with Crippen LogP contribution in [-0.2, 0) is 4.79 Å². The minimum Gasteiger partial charge on any atom is -0.324 e. The Bertz CT molecular complexity index is 613. The van der Waals surface area contributed by atoms with E-state index in [2.05, 4.69) is 10.3 Å². The molecule has 1 heterocycles. The van der Waals surface area contributed by atoms with Crippen molar-refractivity contribution >= 4 is 22.5 Å². The van der Waals surface area contributed by atoms with Crippen LogP contribution in [-0.4, -0.2) is 30.2 Å². The van der Waals surface area contributed by atoms with Gasteiger partial charge in [-0.25, -0.2) is 0 Å². The average molecular weight is 283 g/mol. The summed E-state index contributed by atoms with van der Waals surface area (Å²) in [5.74, 6) is -0.550. The standard InChI is InChI=1S/C13H12F3N3O/c14-13(15,16)8-17-7-12(20)19-10-5-9-3-1-2-4-11(9)18-6-10/h1-6,17H,7-8H2,(H,19,20). The summed E-state index contributed by atoms with van der Waals surface area (Å²) in [5.41, 5.74) is 1.23. The third kappa shape index (κ3) is 4.20. The van der Waals surface area contributed by atoms with E-state index in [1.54, 1.807) is 6.07 Å². The summed E-state index contributed by atoms with van der Waals surface area (Å²) < 4.78 is 35.7. The number of hydrogen-bond donors (Lipinski definition) is 2. The summed E-state index contributed by atoms with van der Waals surface area (Å²) in [5, 5.41) is 5.36. The number of nitrogens with one attached hydrogen (secondary N) is 2. The highest BCUT2D eigenvalue weighted by Crippen LogP contribution is 2.16. The van der Waals surface area contributed by atoms with Crippen LogP contribution in [0.2, 0.25) is 0 Å². The predicted molar refractivity (Wildman–Crippen MR) is 69.3 cm³/mol. The maximum atomic E-state index is 11.9. The molecular weight excluding hydrogens is 271 g/mol. The Balaban J connectivity index is 1.92. The first-order chi connectivity index (χ1) is 9.44. The molecule has 0 unspecified atom stereocenters. The number of anilines is 1. The molecule has 0 aliphatic rings. The molecule has 0 saturated carbocycles. The van der Waals surface area contributed by atoms with Crippen LogP contribution in [0.4, 0.5) is 18.9 Å². The summed E-state index contributed by atoms with van der Waals surface area (Å²) in [6, 6.07) is 9.05. The number of alkyl halides is 3. The van der Waals surface area contributed by atoms with Crippen LogP contribution in [0.15, 0.2) is 36.5 Å². The molecule has 106 valence electrons. The Morgan fingerprint density at radius 3 is 2.75 bits per heavy atom. The van der Waals surface area contributed by atoms with E-state index in [4.69, 9.17) is 0 Å². The normalized spacial score (nSPS) is 11.6. The van der Waals surface area contributed by atoms with Crippen molar-refractivity contribution in [2.75, 3.05) is 18.4 Å². The van der Waals surface area contributed by atoms with Crippen molar-refractivity contribution in [3.63, 3.8) is 0 Å². The molecule has 0 spiro atoms. The van der Waals surface area contributed by atoms with Crippen molar-refractivity contribution in [3.8, 4) is 0 Å². The molecule has 0 fully saturated rings. The molecule has 2 rings (SSSR count). The van der Waals surface area contributed by atoms with Crippen molar-refractivity contribution < 1.29 is 18.0 Å². The maximum absolute atomic E-state index is 11.9.